The van der Waals surface area contributed by atoms with Gasteiger partial charge in [0.15, 0.2) is 37.2 Å². The lowest BCUT2D eigenvalue weighted by Gasteiger charge is -2.07. The number of aromatic amines is 2. The number of rotatable bonds is 4. The summed E-state index contributed by atoms with van der Waals surface area (Å²) in [5.41, 5.74) is 18.0. The van der Waals surface area contributed by atoms with Gasteiger partial charge in [-0.1, -0.05) is 24.3 Å². The highest BCUT2D eigenvalue weighted by Crippen LogP contribution is 2.38. The van der Waals surface area contributed by atoms with Gasteiger partial charge in [-0.3, -0.25) is 0 Å². The van der Waals surface area contributed by atoms with Crippen molar-refractivity contribution in [2.45, 2.75) is 0 Å². The summed E-state index contributed by atoms with van der Waals surface area (Å²) < 4.78 is 8.58. The minimum Gasteiger partial charge on any atom is -1.00 e. The van der Waals surface area contributed by atoms with Gasteiger partial charge in [0.2, 0.25) is 11.0 Å². The average molecular weight is 921 g/mol. The molecular weight excluding hydrogens is 878 g/mol. The molecule has 12 heteroatoms. The monoisotopic (exact) mass is 918 g/mol. The van der Waals surface area contributed by atoms with Gasteiger partial charge < -0.3 is 59.6 Å². The van der Waals surface area contributed by atoms with Crippen LogP contribution in [-0.2, 0) is 28.2 Å². The number of nitrogens with one attached hydrogen (secondary N) is 2. The summed E-state index contributed by atoms with van der Waals surface area (Å²) in [4.78, 5) is 18.8. The van der Waals surface area contributed by atoms with E-state index in [1.165, 1.54) is 0 Å². The van der Waals surface area contributed by atoms with Crippen molar-refractivity contribution >= 4 is 68.2 Å². The molecule has 0 radical (unpaired) electrons. The van der Waals surface area contributed by atoms with E-state index < -0.39 is 0 Å². The quantitative estimate of drug-likeness (QED) is 0.185. The first-order chi connectivity index (χ1) is 29.3. The van der Waals surface area contributed by atoms with Gasteiger partial charge in [-0.15, -0.1) is 0 Å². The van der Waals surface area contributed by atoms with Crippen molar-refractivity contribution in [3.8, 4) is 44.5 Å². The molecule has 7 aromatic heterocycles. The van der Waals surface area contributed by atoms with Gasteiger partial charge in [-0.2, -0.15) is 0 Å². The van der Waals surface area contributed by atoms with Gasteiger partial charge >= 0.3 is 0 Å². The maximum absolute atomic E-state index is 5.51. The highest BCUT2D eigenvalue weighted by atomic mass is 35.5. The van der Waals surface area contributed by atoms with Crippen LogP contribution < -0.4 is 67.9 Å². The molecule has 9 heterocycles. The normalized spacial score (nSPS) is 11.4. The minimum atomic E-state index is 0. The Morgan fingerprint density at radius 2 is 0.750 bits per heavy atom. The van der Waals surface area contributed by atoms with E-state index in [0.717, 1.165) is 111 Å². The van der Waals surface area contributed by atoms with Crippen LogP contribution in [0.1, 0.15) is 22.8 Å². The lowest BCUT2D eigenvalue weighted by Crippen LogP contribution is -3.00. The highest BCUT2D eigenvalue weighted by molar-refractivity contribution is 6.01. The number of aromatic nitrogens is 8. The summed E-state index contributed by atoms with van der Waals surface area (Å²) >= 11 is 0. The van der Waals surface area contributed by atoms with Gasteiger partial charge in [0.25, 0.3) is 0 Å². The van der Waals surface area contributed by atoms with E-state index in [9.17, 15) is 0 Å². The molecule has 0 unspecified atom stereocenters. The van der Waals surface area contributed by atoms with Crippen molar-refractivity contribution in [2.75, 3.05) is 0 Å². The number of pyridine rings is 4. The minimum absolute atomic E-state index is 0. The second-order valence-electron chi connectivity index (χ2n) is 15.8. The molecule has 2 aromatic carbocycles. The molecule has 0 amide bonds. The molecule has 9 aromatic rings. The van der Waals surface area contributed by atoms with Crippen molar-refractivity contribution in [1.82, 2.24) is 19.9 Å². The van der Waals surface area contributed by atoms with Crippen LogP contribution in [0.2, 0.25) is 0 Å². The lowest BCUT2D eigenvalue weighted by molar-refractivity contribution is -0.671. The van der Waals surface area contributed by atoms with E-state index in [4.69, 9.17) is 9.97 Å². The number of aryl methyl sites for hydroxylation is 4. The van der Waals surface area contributed by atoms with Crippen LogP contribution in [0.25, 0.3) is 113 Å². The number of para-hydroxylation sites is 2. The molecule has 0 saturated heterocycles. The van der Waals surface area contributed by atoms with Crippen molar-refractivity contribution in [3.63, 3.8) is 0 Å². The van der Waals surface area contributed by atoms with Gasteiger partial charge in [0.1, 0.15) is 28.2 Å². The summed E-state index contributed by atoms with van der Waals surface area (Å²) in [7, 11) is 8.34. The topological polar surface area (TPSA) is 72.9 Å². The van der Waals surface area contributed by atoms with Gasteiger partial charge in [0.05, 0.1) is 39.5 Å². The molecule has 64 heavy (non-hydrogen) atoms. The fraction of sp³-hybridized carbons (Fsp3) is 0.0769. The summed E-state index contributed by atoms with van der Waals surface area (Å²) in [5.74, 6) is 0. The van der Waals surface area contributed by atoms with Crippen LogP contribution in [0.5, 0.6) is 0 Å². The highest BCUT2D eigenvalue weighted by Gasteiger charge is 2.23. The standard InChI is InChI=1S/C52H42N8.4ClH/c1-57-25-9-13-35(29-57)49-39-17-21-43(53-39)51(37-27-33-11-5-7-15-47(33)59(3)31-37)45-23-19-41(55-45)50(36-14-10-26-58(2)30-36)42-20-24-46(56-42)52(44-22-18-40(49)54-44)38-28-34-12-6-8-16-48(34)60(4)32-38;;;;/h5-32,53-54H,1-4H3;4*1H/q+4;;;;/p-4. The predicted molar refractivity (Wildman–Crippen MR) is 240 cm³/mol. The molecule has 0 atom stereocenters. The van der Waals surface area contributed by atoms with Crippen molar-refractivity contribution in [1.29, 1.82) is 0 Å². The fourth-order valence-electron chi connectivity index (χ4n) is 8.99. The number of nitrogens with zero attached hydrogens (tertiary/aromatic N) is 6. The molecule has 2 N–H and O–H groups in total. The summed E-state index contributed by atoms with van der Waals surface area (Å²) in [6.07, 6.45) is 21.4. The summed E-state index contributed by atoms with van der Waals surface area (Å²) in [6, 6.07) is 38.8. The third-order valence-corrected chi connectivity index (χ3v) is 11.7. The zero-order valence-corrected chi connectivity index (χ0v) is 38.4. The van der Waals surface area contributed by atoms with Crippen LogP contribution in [0.4, 0.5) is 0 Å². The van der Waals surface area contributed by atoms with Gasteiger partial charge in [0, 0.05) is 84.9 Å². The number of H-pyrrole nitrogens is 2. The van der Waals surface area contributed by atoms with E-state index in [1.54, 1.807) is 0 Å². The zero-order chi connectivity index (χ0) is 40.5. The average Bonchev–Trinajstić information content (AvgIpc) is 4.09. The number of hydrogen-bond acceptors (Lipinski definition) is 2. The maximum Gasteiger partial charge on any atom is 0.212 e. The van der Waals surface area contributed by atoms with E-state index >= 15 is 0 Å². The Morgan fingerprint density at radius 1 is 0.375 bits per heavy atom. The molecule has 318 valence electrons. The van der Waals surface area contributed by atoms with Crippen molar-refractivity contribution in [2.24, 2.45) is 28.2 Å². The molecular formula is C52H42Cl4N8. The van der Waals surface area contributed by atoms with Crippen LogP contribution in [0, 0.1) is 0 Å². The Bertz CT molecular complexity index is 3330. The Labute approximate surface area is 395 Å². The first-order valence-electron chi connectivity index (χ1n) is 20.2. The first kappa shape index (κ1) is 45.3. The van der Waals surface area contributed by atoms with E-state index in [-0.39, 0.29) is 49.6 Å². The SMILES string of the molecule is C[n+]1cccc(-c2c3nc(c(-c4cc5ccccc5[n+](C)c4)c4ccc([nH]4)c(-c4ccc[n+](C)c4)c4ccc([nH]4)c(-c4cc5ccccc5[n+](C)c4)c4nc2C=C4)C=C3)c1.[Cl-].[Cl-].[Cl-].[Cl-]. The Balaban J connectivity index is 0.00000153. The van der Waals surface area contributed by atoms with Gasteiger partial charge in [-0.25, -0.2) is 28.2 Å². The number of hydrogen-bond donors (Lipinski definition) is 2. The van der Waals surface area contributed by atoms with E-state index in [0.29, 0.717) is 0 Å². The Hall–Kier alpha value is -6.68. The third kappa shape index (κ3) is 7.95. The number of halogens is 4. The predicted octanol–water partition coefficient (Wildman–Crippen LogP) is -3.06. The van der Waals surface area contributed by atoms with Gasteiger partial charge in [-0.05, 0) is 85.0 Å². The maximum atomic E-state index is 5.51. The van der Waals surface area contributed by atoms with Crippen molar-refractivity contribution < 1.29 is 67.9 Å². The third-order valence-electron chi connectivity index (χ3n) is 11.7. The van der Waals surface area contributed by atoms with Crippen LogP contribution in [0.15, 0.2) is 146 Å². The molecule has 2 aliphatic rings. The lowest BCUT2D eigenvalue weighted by atomic mass is 10.0. The Morgan fingerprint density at radius 3 is 1.17 bits per heavy atom. The second-order valence-corrected chi connectivity index (χ2v) is 15.8. The largest absolute Gasteiger partial charge is 1.00 e. The molecule has 8 nitrogen and oxygen atoms in total. The number of benzene rings is 2. The first-order valence-corrected chi connectivity index (χ1v) is 20.2. The van der Waals surface area contributed by atoms with Crippen molar-refractivity contribution in [3.05, 3.63) is 169 Å². The molecule has 0 saturated carbocycles. The molecule has 11 rings (SSSR count). The molecule has 2 aliphatic heterocycles. The zero-order valence-electron chi connectivity index (χ0n) is 35.4. The van der Waals surface area contributed by atoms with E-state index in [2.05, 4.69) is 227 Å². The van der Waals surface area contributed by atoms with E-state index in [1.807, 2.05) is 0 Å². The van der Waals surface area contributed by atoms with Crippen LogP contribution >= 0.6 is 0 Å². The summed E-state index contributed by atoms with van der Waals surface area (Å²) in [5, 5.41) is 2.31. The summed E-state index contributed by atoms with van der Waals surface area (Å²) in [6.45, 7) is 0. The van der Waals surface area contributed by atoms with Crippen LogP contribution in [0.3, 0.4) is 0 Å². The second kappa shape index (κ2) is 18.2. The molecule has 8 bridgehead atoms. The van der Waals surface area contributed by atoms with Crippen LogP contribution in [-0.4, -0.2) is 19.9 Å². The fourth-order valence-corrected chi connectivity index (χ4v) is 8.99. The molecule has 0 aliphatic carbocycles. The molecule has 0 spiro atoms. The smallest absolute Gasteiger partial charge is 0.212 e. The number of fused-ring (bicyclic) bond motifs is 10. The Kier molecular flexibility index (Phi) is 12.9. The molecule has 0 fully saturated rings.